The zero-order valence-electron chi connectivity index (χ0n) is 16.3. The van der Waals surface area contributed by atoms with Crippen molar-refractivity contribution >= 4 is 38.8 Å². The third-order valence-corrected chi connectivity index (χ3v) is 4.64. The Bertz CT molecular complexity index is 1200. The summed E-state index contributed by atoms with van der Waals surface area (Å²) in [4.78, 5) is 15.8. The molecule has 0 fully saturated rings. The predicted octanol–water partition coefficient (Wildman–Crippen LogP) is 3.19. The van der Waals surface area contributed by atoms with Crippen molar-refractivity contribution in [3.63, 3.8) is 0 Å². The second kappa shape index (κ2) is 8.96. The summed E-state index contributed by atoms with van der Waals surface area (Å²) in [7, 11) is -3.38. The van der Waals surface area contributed by atoms with E-state index in [-0.39, 0.29) is 12.1 Å². The monoisotopic (exact) mass is 447 g/mol. The van der Waals surface area contributed by atoms with Gasteiger partial charge in [-0.15, -0.1) is 0 Å². The molecule has 3 rings (SSSR count). The number of primary amides is 1. The predicted molar refractivity (Wildman–Crippen MR) is 115 cm³/mol. The first-order valence-electron chi connectivity index (χ1n) is 8.92. The van der Waals surface area contributed by atoms with E-state index in [1.165, 1.54) is 24.4 Å². The zero-order chi connectivity index (χ0) is 22.6. The lowest BCUT2D eigenvalue weighted by molar-refractivity contribution is 0.100. The molecule has 0 aliphatic rings. The Morgan fingerprint density at radius 2 is 1.65 bits per heavy atom. The van der Waals surface area contributed by atoms with Gasteiger partial charge in [0.25, 0.3) is 5.91 Å². The third-order valence-electron chi connectivity index (χ3n) is 4.04. The lowest BCUT2D eigenvalue weighted by atomic mass is 10.1. The van der Waals surface area contributed by atoms with Crippen LogP contribution >= 0.6 is 0 Å². The number of halogens is 2. The number of nitrogens with two attached hydrogens (primary N) is 1. The molecule has 31 heavy (non-hydrogen) atoms. The van der Waals surface area contributed by atoms with Crippen molar-refractivity contribution in [2.45, 2.75) is 6.54 Å². The van der Waals surface area contributed by atoms with E-state index in [1.807, 2.05) is 0 Å². The molecule has 8 nitrogen and oxygen atoms in total. The van der Waals surface area contributed by atoms with Gasteiger partial charge in [-0.3, -0.25) is 9.52 Å². The van der Waals surface area contributed by atoms with Crippen molar-refractivity contribution in [3.8, 4) is 0 Å². The molecule has 1 heterocycles. The third kappa shape index (κ3) is 6.37. The number of pyridine rings is 1. The number of hydrogen-bond donors (Lipinski definition) is 4. The van der Waals surface area contributed by atoms with Gasteiger partial charge in [-0.25, -0.2) is 22.2 Å². The molecule has 1 amide bonds. The van der Waals surface area contributed by atoms with E-state index in [0.29, 0.717) is 28.4 Å². The summed E-state index contributed by atoms with van der Waals surface area (Å²) in [6.07, 6.45) is 2.33. The average Bonchev–Trinajstić information content (AvgIpc) is 2.66. The van der Waals surface area contributed by atoms with Crippen molar-refractivity contribution in [1.29, 1.82) is 0 Å². The lowest BCUT2D eigenvalue weighted by Crippen LogP contribution is -2.15. The Morgan fingerprint density at radius 3 is 2.23 bits per heavy atom. The van der Waals surface area contributed by atoms with Crippen LogP contribution in [-0.2, 0) is 16.6 Å². The number of aromatic nitrogens is 1. The summed E-state index contributed by atoms with van der Waals surface area (Å²) in [5.41, 5.74) is 7.16. The highest BCUT2D eigenvalue weighted by atomic mass is 32.2. The van der Waals surface area contributed by atoms with E-state index in [4.69, 9.17) is 5.73 Å². The van der Waals surface area contributed by atoms with Crippen molar-refractivity contribution in [3.05, 3.63) is 77.5 Å². The number of carbonyl (C=O) groups is 1. The van der Waals surface area contributed by atoms with Crippen LogP contribution in [0.4, 0.5) is 31.7 Å². The van der Waals surface area contributed by atoms with Crippen molar-refractivity contribution < 1.29 is 22.0 Å². The fraction of sp³-hybridized carbons (Fsp3) is 0.100. The van der Waals surface area contributed by atoms with Gasteiger partial charge in [0.05, 0.1) is 17.5 Å². The second-order valence-corrected chi connectivity index (χ2v) is 8.44. The Morgan fingerprint density at radius 1 is 1.03 bits per heavy atom. The van der Waals surface area contributed by atoms with Gasteiger partial charge in [0.15, 0.2) is 0 Å². The molecule has 2 aromatic carbocycles. The van der Waals surface area contributed by atoms with Crippen LogP contribution in [0.2, 0.25) is 0 Å². The molecule has 0 aliphatic carbocycles. The smallest absolute Gasteiger partial charge is 0.252 e. The molecule has 162 valence electrons. The van der Waals surface area contributed by atoms with Crippen LogP contribution in [0.15, 0.2) is 54.7 Å². The quantitative estimate of drug-likeness (QED) is 0.420. The molecule has 1 aromatic heterocycles. The fourth-order valence-corrected chi connectivity index (χ4v) is 3.32. The van der Waals surface area contributed by atoms with Gasteiger partial charge in [-0.05, 0) is 42.0 Å². The minimum absolute atomic E-state index is 0.0459. The van der Waals surface area contributed by atoms with Crippen LogP contribution in [0.1, 0.15) is 15.9 Å². The zero-order valence-corrected chi connectivity index (χ0v) is 17.1. The Kier molecular flexibility index (Phi) is 6.35. The molecule has 0 saturated carbocycles. The van der Waals surface area contributed by atoms with E-state index in [1.54, 1.807) is 24.3 Å². The molecule has 0 radical (unpaired) electrons. The summed E-state index contributed by atoms with van der Waals surface area (Å²) in [6.45, 7) is 0.0459. The molecule has 5 N–H and O–H groups in total. The Hall–Kier alpha value is -3.73. The molecule has 11 heteroatoms. The number of carbonyl (C=O) groups excluding carboxylic acids is 1. The molecule has 0 aliphatic heterocycles. The van der Waals surface area contributed by atoms with Crippen LogP contribution in [0, 0.1) is 11.6 Å². The maximum absolute atomic E-state index is 13.4. The number of amides is 1. The number of benzene rings is 2. The Balaban J connectivity index is 1.78. The summed E-state index contributed by atoms with van der Waals surface area (Å²) < 4.78 is 51.7. The first-order valence-corrected chi connectivity index (χ1v) is 10.8. The highest BCUT2D eigenvalue weighted by Crippen LogP contribution is 2.23. The van der Waals surface area contributed by atoms with Crippen LogP contribution in [-0.4, -0.2) is 25.6 Å². The number of nitrogens with zero attached hydrogens (tertiary/aromatic N) is 1. The summed E-state index contributed by atoms with van der Waals surface area (Å²) in [5, 5.41) is 5.95. The molecule has 0 bridgehead atoms. The van der Waals surface area contributed by atoms with Gasteiger partial charge in [0.2, 0.25) is 10.0 Å². The summed E-state index contributed by atoms with van der Waals surface area (Å²) in [6, 6.07) is 11.1. The average molecular weight is 447 g/mol. The standard InChI is InChI=1S/C20H19F2N5O3S/c1-31(29,30)27-16-4-2-15(3-5-16)26-19-9-18(17(11-25-19)20(23)28)24-10-12-6-13(21)8-14(22)7-12/h2-9,11,27H,10H2,1H3,(H2,23,28)(H2,24,25,26). The van der Waals surface area contributed by atoms with E-state index >= 15 is 0 Å². The molecule has 0 atom stereocenters. The topological polar surface area (TPSA) is 126 Å². The number of hydrogen-bond acceptors (Lipinski definition) is 6. The van der Waals surface area contributed by atoms with Gasteiger partial charge >= 0.3 is 0 Å². The highest BCUT2D eigenvalue weighted by molar-refractivity contribution is 7.92. The molecular formula is C20H19F2N5O3S. The van der Waals surface area contributed by atoms with Gasteiger partial charge in [-0.2, -0.15) is 0 Å². The minimum atomic E-state index is -3.38. The molecule has 0 unspecified atom stereocenters. The fourth-order valence-electron chi connectivity index (χ4n) is 2.76. The van der Waals surface area contributed by atoms with Crippen molar-refractivity contribution in [1.82, 2.24) is 4.98 Å². The second-order valence-electron chi connectivity index (χ2n) is 6.69. The SMILES string of the molecule is CS(=O)(=O)Nc1ccc(Nc2cc(NCc3cc(F)cc(F)c3)c(C(N)=O)cn2)cc1. The van der Waals surface area contributed by atoms with Gasteiger partial charge in [-0.1, -0.05) is 0 Å². The van der Waals surface area contributed by atoms with Gasteiger partial charge in [0.1, 0.15) is 17.5 Å². The molecule has 0 spiro atoms. The normalized spacial score (nSPS) is 11.1. The van der Waals surface area contributed by atoms with Crippen LogP contribution in [0.5, 0.6) is 0 Å². The van der Waals surface area contributed by atoms with E-state index in [0.717, 1.165) is 12.3 Å². The van der Waals surface area contributed by atoms with E-state index < -0.39 is 27.6 Å². The summed E-state index contributed by atoms with van der Waals surface area (Å²) >= 11 is 0. The molecular weight excluding hydrogens is 428 g/mol. The first-order chi connectivity index (χ1) is 14.6. The molecule has 3 aromatic rings. The first kappa shape index (κ1) is 22.0. The van der Waals surface area contributed by atoms with Crippen molar-refractivity contribution in [2.24, 2.45) is 5.73 Å². The minimum Gasteiger partial charge on any atom is -0.380 e. The van der Waals surface area contributed by atoms with Crippen LogP contribution in [0.25, 0.3) is 0 Å². The lowest BCUT2D eigenvalue weighted by Gasteiger charge is -2.13. The van der Waals surface area contributed by atoms with E-state index in [2.05, 4.69) is 20.3 Å². The number of sulfonamides is 1. The maximum Gasteiger partial charge on any atom is 0.252 e. The number of anilines is 4. The Labute approximate surface area is 177 Å². The van der Waals surface area contributed by atoms with Crippen LogP contribution < -0.4 is 21.1 Å². The van der Waals surface area contributed by atoms with Crippen molar-refractivity contribution in [2.75, 3.05) is 21.6 Å². The van der Waals surface area contributed by atoms with Crippen LogP contribution in [0.3, 0.4) is 0 Å². The van der Waals surface area contributed by atoms with E-state index in [9.17, 15) is 22.0 Å². The van der Waals surface area contributed by atoms with Gasteiger partial charge in [0, 0.05) is 36.2 Å². The summed E-state index contributed by atoms with van der Waals surface area (Å²) in [5.74, 6) is -1.78. The van der Waals surface area contributed by atoms with Gasteiger partial charge < -0.3 is 16.4 Å². The number of rotatable bonds is 8. The highest BCUT2D eigenvalue weighted by Gasteiger charge is 2.11. The number of nitrogens with one attached hydrogen (secondary N) is 3. The molecule has 0 saturated heterocycles. The maximum atomic E-state index is 13.4. The largest absolute Gasteiger partial charge is 0.380 e.